The van der Waals surface area contributed by atoms with E-state index in [4.69, 9.17) is 0 Å². The summed E-state index contributed by atoms with van der Waals surface area (Å²) >= 11 is 0. The highest BCUT2D eigenvalue weighted by atomic mass is 19.1. The van der Waals surface area contributed by atoms with Crippen molar-refractivity contribution in [2.24, 2.45) is 0 Å². The Balaban J connectivity index is 2.13. The summed E-state index contributed by atoms with van der Waals surface area (Å²) in [5, 5.41) is 5.56. The first-order valence-corrected chi connectivity index (χ1v) is 5.93. The molecule has 0 saturated heterocycles. The van der Waals surface area contributed by atoms with Crippen LogP contribution in [0.25, 0.3) is 0 Å². The molecule has 2 aromatic rings. The fourth-order valence-electron chi connectivity index (χ4n) is 1.57. The third-order valence-electron chi connectivity index (χ3n) is 2.46. The van der Waals surface area contributed by atoms with E-state index in [-0.39, 0.29) is 11.6 Å². The Kier molecular flexibility index (Phi) is 4.22. The van der Waals surface area contributed by atoms with Gasteiger partial charge in [0, 0.05) is 31.5 Å². The Bertz CT molecular complexity index is 546. The van der Waals surface area contributed by atoms with Crippen LogP contribution in [0.4, 0.5) is 20.4 Å². The summed E-state index contributed by atoms with van der Waals surface area (Å²) in [6.07, 6.45) is 3.32. The normalized spacial score (nSPS) is 10.3. The molecule has 0 aliphatic heterocycles. The fourth-order valence-corrected chi connectivity index (χ4v) is 1.57. The number of anilines is 2. The zero-order valence-electron chi connectivity index (χ0n) is 10.5. The van der Waals surface area contributed by atoms with Gasteiger partial charge in [0.05, 0.1) is 0 Å². The maximum absolute atomic E-state index is 13.6. The third kappa shape index (κ3) is 3.37. The van der Waals surface area contributed by atoms with E-state index in [1.807, 2.05) is 13.0 Å². The maximum Gasteiger partial charge on any atom is 0.168 e. The van der Waals surface area contributed by atoms with Crippen molar-refractivity contribution in [1.82, 2.24) is 9.97 Å². The van der Waals surface area contributed by atoms with Crippen LogP contribution in [-0.4, -0.2) is 16.5 Å². The average Bonchev–Trinajstić information content (AvgIpc) is 2.42. The van der Waals surface area contributed by atoms with E-state index in [2.05, 4.69) is 20.6 Å². The van der Waals surface area contributed by atoms with E-state index in [9.17, 15) is 8.78 Å². The maximum atomic E-state index is 13.6. The Labute approximate surface area is 109 Å². The van der Waals surface area contributed by atoms with Gasteiger partial charge in [0.25, 0.3) is 0 Å². The van der Waals surface area contributed by atoms with Crippen molar-refractivity contribution in [1.29, 1.82) is 0 Å². The van der Waals surface area contributed by atoms with Crippen LogP contribution in [-0.2, 0) is 6.54 Å². The van der Waals surface area contributed by atoms with Crippen LogP contribution in [0.15, 0.2) is 30.6 Å². The second kappa shape index (κ2) is 6.08. The molecule has 2 rings (SSSR count). The highest BCUT2D eigenvalue weighted by molar-refractivity contribution is 5.47. The lowest BCUT2D eigenvalue weighted by molar-refractivity contribution is 0.578. The predicted molar refractivity (Wildman–Crippen MR) is 69.9 cm³/mol. The van der Waals surface area contributed by atoms with E-state index in [1.54, 1.807) is 18.5 Å². The first-order valence-electron chi connectivity index (χ1n) is 5.93. The number of aromatic nitrogens is 2. The molecule has 100 valence electrons. The average molecular weight is 264 g/mol. The van der Waals surface area contributed by atoms with Crippen molar-refractivity contribution >= 4 is 11.6 Å². The van der Waals surface area contributed by atoms with Crippen molar-refractivity contribution in [2.45, 2.75) is 13.5 Å². The Morgan fingerprint density at radius 3 is 2.53 bits per heavy atom. The largest absolute Gasteiger partial charge is 0.368 e. The molecule has 2 N–H and O–H groups in total. The molecule has 2 heterocycles. The minimum atomic E-state index is -0.719. The van der Waals surface area contributed by atoms with Crippen LogP contribution in [0.3, 0.4) is 0 Å². The Morgan fingerprint density at radius 2 is 1.89 bits per heavy atom. The Hall–Kier alpha value is -2.24. The summed E-state index contributed by atoms with van der Waals surface area (Å²) in [7, 11) is 0. The molecule has 2 aromatic heterocycles. The van der Waals surface area contributed by atoms with Gasteiger partial charge in [-0.15, -0.1) is 0 Å². The van der Waals surface area contributed by atoms with E-state index >= 15 is 0 Å². The van der Waals surface area contributed by atoms with Crippen molar-refractivity contribution < 1.29 is 8.78 Å². The summed E-state index contributed by atoms with van der Waals surface area (Å²) in [5.74, 6) is -1.37. The summed E-state index contributed by atoms with van der Waals surface area (Å²) in [6, 6.07) is 4.46. The van der Waals surface area contributed by atoms with Gasteiger partial charge in [-0.25, -0.2) is 13.8 Å². The van der Waals surface area contributed by atoms with Crippen molar-refractivity contribution in [2.75, 3.05) is 17.2 Å². The number of hydrogen-bond acceptors (Lipinski definition) is 4. The second-order valence-electron chi connectivity index (χ2n) is 3.89. The lowest BCUT2D eigenvalue weighted by atomic mass is 10.3. The number of nitrogens with zero attached hydrogens (tertiary/aromatic N) is 2. The minimum absolute atomic E-state index is 0.0150. The monoisotopic (exact) mass is 264 g/mol. The van der Waals surface area contributed by atoms with Crippen LogP contribution in [0.5, 0.6) is 0 Å². The summed E-state index contributed by atoms with van der Waals surface area (Å²) < 4.78 is 26.9. The molecular weight excluding hydrogens is 250 g/mol. The number of rotatable bonds is 5. The SMILES string of the molecule is CCNc1nc(NCc2cccnc2)c(F)cc1F. The molecular formula is C13H14F2N4. The highest BCUT2D eigenvalue weighted by Crippen LogP contribution is 2.19. The molecule has 0 amide bonds. The predicted octanol–water partition coefficient (Wildman–Crippen LogP) is 2.80. The zero-order valence-corrected chi connectivity index (χ0v) is 10.5. The zero-order chi connectivity index (χ0) is 13.7. The number of hydrogen-bond donors (Lipinski definition) is 2. The van der Waals surface area contributed by atoms with Gasteiger partial charge in [-0.05, 0) is 18.6 Å². The van der Waals surface area contributed by atoms with Gasteiger partial charge in [0.15, 0.2) is 23.3 Å². The molecule has 0 saturated carbocycles. The van der Waals surface area contributed by atoms with Gasteiger partial charge >= 0.3 is 0 Å². The molecule has 4 nitrogen and oxygen atoms in total. The molecule has 6 heteroatoms. The molecule has 0 aliphatic carbocycles. The quantitative estimate of drug-likeness (QED) is 0.872. The molecule has 0 bridgehead atoms. The molecule has 0 spiro atoms. The van der Waals surface area contributed by atoms with Crippen molar-refractivity contribution in [3.8, 4) is 0 Å². The lowest BCUT2D eigenvalue weighted by Crippen LogP contribution is -2.08. The number of pyridine rings is 2. The molecule has 0 fully saturated rings. The van der Waals surface area contributed by atoms with Gasteiger partial charge in [-0.3, -0.25) is 4.98 Å². The summed E-state index contributed by atoms with van der Waals surface area (Å²) in [6.45, 7) is 2.69. The molecule has 0 radical (unpaired) electrons. The summed E-state index contributed by atoms with van der Waals surface area (Å²) in [5.41, 5.74) is 0.887. The van der Waals surface area contributed by atoms with Gasteiger partial charge in [-0.2, -0.15) is 0 Å². The van der Waals surface area contributed by atoms with Crippen LogP contribution in [0.2, 0.25) is 0 Å². The number of nitrogens with one attached hydrogen (secondary N) is 2. The van der Waals surface area contributed by atoms with Crippen LogP contribution in [0, 0.1) is 11.6 Å². The lowest BCUT2D eigenvalue weighted by Gasteiger charge is -2.10. The first kappa shape index (κ1) is 13.2. The van der Waals surface area contributed by atoms with Gasteiger partial charge < -0.3 is 10.6 Å². The van der Waals surface area contributed by atoms with Crippen molar-refractivity contribution in [3.05, 3.63) is 47.8 Å². The topological polar surface area (TPSA) is 49.8 Å². The van der Waals surface area contributed by atoms with Gasteiger partial charge in [-0.1, -0.05) is 6.07 Å². The second-order valence-corrected chi connectivity index (χ2v) is 3.89. The molecule has 0 aromatic carbocycles. The molecule has 19 heavy (non-hydrogen) atoms. The smallest absolute Gasteiger partial charge is 0.168 e. The van der Waals surface area contributed by atoms with E-state index in [0.717, 1.165) is 11.6 Å². The molecule has 0 aliphatic rings. The van der Waals surface area contributed by atoms with Crippen LogP contribution >= 0.6 is 0 Å². The first-order chi connectivity index (χ1) is 9.20. The van der Waals surface area contributed by atoms with E-state index < -0.39 is 11.6 Å². The Morgan fingerprint density at radius 1 is 1.16 bits per heavy atom. The fraction of sp³-hybridized carbons (Fsp3) is 0.231. The summed E-state index contributed by atoms with van der Waals surface area (Å²) in [4.78, 5) is 7.84. The standard InChI is InChI=1S/C13H14F2N4/c1-2-17-12-10(14)6-11(15)13(19-12)18-8-9-4-3-5-16-7-9/h3-7H,2,8H2,1H3,(H2,17,18,19). The molecule has 0 atom stereocenters. The van der Waals surface area contributed by atoms with E-state index in [0.29, 0.717) is 13.1 Å². The highest BCUT2D eigenvalue weighted by Gasteiger charge is 2.11. The number of halogens is 2. The molecule has 0 unspecified atom stereocenters. The third-order valence-corrected chi connectivity index (χ3v) is 2.46. The van der Waals surface area contributed by atoms with E-state index in [1.165, 1.54) is 0 Å². The van der Waals surface area contributed by atoms with Gasteiger partial charge in [0.2, 0.25) is 0 Å². The van der Waals surface area contributed by atoms with Crippen molar-refractivity contribution in [3.63, 3.8) is 0 Å². The van der Waals surface area contributed by atoms with Crippen LogP contribution < -0.4 is 10.6 Å². The van der Waals surface area contributed by atoms with Gasteiger partial charge in [0.1, 0.15) is 0 Å². The minimum Gasteiger partial charge on any atom is -0.368 e. The van der Waals surface area contributed by atoms with Crippen LogP contribution in [0.1, 0.15) is 12.5 Å².